The maximum absolute atomic E-state index is 16.6. The van der Waals surface area contributed by atoms with Gasteiger partial charge in [0.05, 0.1) is 35.4 Å². The van der Waals surface area contributed by atoms with E-state index in [9.17, 15) is 14.7 Å². The summed E-state index contributed by atoms with van der Waals surface area (Å²) in [5, 5.41) is 12.2. The molecular weight excluding hydrogens is 603 g/mol. The Hall–Kier alpha value is -3.54. The molecule has 2 aromatic carbocycles. The number of carbonyl (C=O) groups excluding carboxylic acids is 2. The van der Waals surface area contributed by atoms with Crippen molar-refractivity contribution in [3.05, 3.63) is 117 Å². The number of aromatic nitrogens is 2. The van der Waals surface area contributed by atoms with Crippen LogP contribution in [0.5, 0.6) is 0 Å². The lowest BCUT2D eigenvalue weighted by atomic mass is 9.77. The molecule has 3 heterocycles. The zero-order chi connectivity index (χ0) is 30.6. The summed E-state index contributed by atoms with van der Waals surface area (Å²) in [4.78, 5) is 35.7. The van der Waals surface area contributed by atoms with Crippen LogP contribution in [0.2, 0.25) is 10.0 Å². The number of hydrogen-bond donors (Lipinski definition) is 1. The molecule has 1 unspecified atom stereocenters. The van der Waals surface area contributed by atoms with E-state index in [1.54, 1.807) is 24.3 Å². The van der Waals surface area contributed by atoms with E-state index < -0.39 is 40.6 Å². The van der Waals surface area contributed by atoms with E-state index in [2.05, 4.69) is 9.97 Å². The number of aliphatic hydroxyl groups is 1. The van der Waals surface area contributed by atoms with Crippen molar-refractivity contribution in [3.8, 4) is 0 Å². The van der Waals surface area contributed by atoms with Gasteiger partial charge in [-0.2, -0.15) is 0 Å². The smallest absolute Gasteiger partial charge is 0.257 e. The molecule has 3 aromatic rings. The van der Waals surface area contributed by atoms with E-state index in [0.717, 1.165) is 37.3 Å². The Balaban J connectivity index is 1.57. The normalized spacial score (nSPS) is 24.0. The van der Waals surface area contributed by atoms with Crippen molar-refractivity contribution in [2.45, 2.75) is 43.0 Å². The largest absolute Gasteiger partial charge is 0.381 e. The van der Waals surface area contributed by atoms with Gasteiger partial charge >= 0.3 is 0 Å². The molecule has 0 radical (unpaired) electrons. The van der Waals surface area contributed by atoms with Gasteiger partial charge < -0.3 is 14.6 Å². The van der Waals surface area contributed by atoms with Gasteiger partial charge in [-0.05, 0) is 67.5 Å². The van der Waals surface area contributed by atoms with Crippen LogP contribution in [0.1, 0.15) is 46.2 Å². The molecule has 2 aliphatic heterocycles. The summed E-state index contributed by atoms with van der Waals surface area (Å²) in [6.07, 6.45) is 6.51. The minimum atomic E-state index is -2.56. The standard InChI is InChI=1S/C31H25Cl2F2N3O5/c1-29(41,30(35)9-6-22(39)7-10-30)19-12-24-27(25(34)13-19)31(43-23-8-11-42-17-23,18-2-4-20(32)5-3-18)38(28(24)40)16-26-36-14-21(33)15-37-26/h2-7,9-10,12-15,23,41H,8,11,16-17H2,1H3/t23-,29?,31+/m0/s1. The summed E-state index contributed by atoms with van der Waals surface area (Å²) in [5.74, 6) is -1.84. The van der Waals surface area contributed by atoms with Crippen molar-refractivity contribution in [1.82, 2.24) is 14.9 Å². The van der Waals surface area contributed by atoms with Crippen LogP contribution in [0.25, 0.3) is 0 Å². The number of carbonyl (C=O) groups is 2. The van der Waals surface area contributed by atoms with Crippen molar-refractivity contribution in [2.75, 3.05) is 13.2 Å². The van der Waals surface area contributed by atoms with Gasteiger partial charge in [0.2, 0.25) is 5.72 Å². The number of hydrogen-bond acceptors (Lipinski definition) is 7. The lowest BCUT2D eigenvalue weighted by Gasteiger charge is -2.41. The highest BCUT2D eigenvalue weighted by atomic mass is 35.5. The minimum Gasteiger partial charge on any atom is -0.381 e. The van der Waals surface area contributed by atoms with Gasteiger partial charge in [-0.15, -0.1) is 0 Å². The molecule has 1 aromatic heterocycles. The monoisotopic (exact) mass is 627 g/mol. The van der Waals surface area contributed by atoms with Crippen LogP contribution in [-0.2, 0) is 32.1 Å². The van der Waals surface area contributed by atoms with Crippen molar-refractivity contribution >= 4 is 34.9 Å². The number of ether oxygens (including phenoxy) is 2. The average molecular weight is 628 g/mol. The van der Waals surface area contributed by atoms with E-state index in [1.165, 1.54) is 23.4 Å². The number of benzene rings is 2. The maximum atomic E-state index is 16.6. The van der Waals surface area contributed by atoms with Gasteiger partial charge in [-0.25, -0.2) is 18.7 Å². The molecule has 1 N–H and O–H groups in total. The van der Waals surface area contributed by atoms with Crippen LogP contribution >= 0.6 is 23.2 Å². The molecule has 6 rings (SSSR count). The number of amides is 1. The molecule has 0 spiro atoms. The van der Waals surface area contributed by atoms with E-state index >= 15 is 8.78 Å². The highest BCUT2D eigenvalue weighted by Gasteiger charge is 2.57. The van der Waals surface area contributed by atoms with Gasteiger partial charge in [-0.3, -0.25) is 14.5 Å². The fourth-order valence-corrected chi connectivity index (χ4v) is 5.87. The van der Waals surface area contributed by atoms with Crippen molar-refractivity contribution < 1.29 is 33.0 Å². The lowest BCUT2D eigenvalue weighted by molar-refractivity contribution is -0.149. The quantitative estimate of drug-likeness (QED) is 0.384. The molecule has 222 valence electrons. The Kier molecular flexibility index (Phi) is 7.46. The first-order chi connectivity index (χ1) is 20.4. The van der Waals surface area contributed by atoms with Crippen LogP contribution < -0.4 is 0 Å². The predicted molar refractivity (Wildman–Crippen MR) is 153 cm³/mol. The molecule has 1 aliphatic carbocycles. The number of ketones is 1. The van der Waals surface area contributed by atoms with Crippen LogP contribution in [-0.4, -0.2) is 56.7 Å². The van der Waals surface area contributed by atoms with E-state index in [-0.39, 0.29) is 40.7 Å². The first-order valence-corrected chi connectivity index (χ1v) is 14.2. The Morgan fingerprint density at radius 2 is 1.79 bits per heavy atom. The van der Waals surface area contributed by atoms with E-state index in [1.807, 2.05) is 0 Å². The summed E-state index contributed by atoms with van der Waals surface area (Å²) in [5.41, 5.74) is -6.88. The summed E-state index contributed by atoms with van der Waals surface area (Å²) < 4.78 is 44.9. The number of allylic oxidation sites excluding steroid dienone is 2. The third-order valence-electron chi connectivity index (χ3n) is 8.01. The molecule has 3 aliphatic rings. The summed E-state index contributed by atoms with van der Waals surface area (Å²) in [6.45, 7) is 1.55. The molecule has 1 fully saturated rings. The third kappa shape index (κ3) is 4.97. The zero-order valence-electron chi connectivity index (χ0n) is 22.8. The molecule has 12 heteroatoms. The van der Waals surface area contributed by atoms with Crippen LogP contribution in [0.4, 0.5) is 8.78 Å². The van der Waals surface area contributed by atoms with Gasteiger partial charge in [-0.1, -0.05) is 35.3 Å². The van der Waals surface area contributed by atoms with Crippen molar-refractivity contribution in [2.24, 2.45) is 0 Å². The van der Waals surface area contributed by atoms with Crippen molar-refractivity contribution in [1.29, 1.82) is 0 Å². The zero-order valence-corrected chi connectivity index (χ0v) is 24.3. The van der Waals surface area contributed by atoms with Crippen LogP contribution in [0.15, 0.2) is 73.1 Å². The van der Waals surface area contributed by atoms with E-state index in [0.29, 0.717) is 23.6 Å². The first-order valence-electron chi connectivity index (χ1n) is 13.4. The Labute approximate surface area is 255 Å². The Morgan fingerprint density at radius 3 is 2.42 bits per heavy atom. The Morgan fingerprint density at radius 1 is 1.12 bits per heavy atom. The summed E-state index contributed by atoms with van der Waals surface area (Å²) >= 11 is 12.2. The molecule has 8 nitrogen and oxygen atoms in total. The highest BCUT2D eigenvalue weighted by Crippen LogP contribution is 2.50. The van der Waals surface area contributed by atoms with Gasteiger partial charge in [0.15, 0.2) is 11.5 Å². The number of nitrogens with zero attached hydrogens (tertiary/aromatic N) is 3. The third-order valence-corrected chi connectivity index (χ3v) is 8.45. The maximum Gasteiger partial charge on any atom is 0.257 e. The number of alkyl halides is 1. The van der Waals surface area contributed by atoms with Gasteiger partial charge in [0, 0.05) is 29.6 Å². The van der Waals surface area contributed by atoms with Crippen molar-refractivity contribution in [3.63, 3.8) is 0 Å². The highest BCUT2D eigenvalue weighted by molar-refractivity contribution is 6.30. The topological polar surface area (TPSA) is 102 Å². The van der Waals surface area contributed by atoms with Crippen LogP contribution in [0, 0.1) is 5.82 Å². The molecule has 0 saturated carbocycles. The van der Waals surface area contributed by atoms with Crippen LogP contribution in [0.3, 0.4) is 0 Å². The number of rotatable bonds is 7. The second kappa shape index (κ2) is 10.9. The van der Waals surface area contributed by atoms with Gasteiger partial charge in [0.25, 0.3) is 5.91 Å². The fraction of sp³-hybridized carbons (Fsp3) is 0.290. The molecule has 0 bridgehead atoms. The summed E-state index contributed by atoms with van der Waals surface area (Å²) in [6, 6.07) is 8.68. The number of fused-ring (bicyclic) bond motifs is 1. The summed E-state index contributed by atoms with van der Waals surface area (Å²) in [7, 11) is 0. The molecular formula is C31H25Cl2F2N3O5. The first kappa shape index (κ1) is 29.5. The number of halogens is 4. The Bertz CT molecular complexity index is 1640. The average Bonchev–Trinajstić information content (AvgIpc) is 3.57. The molecule has 3 atom stereocenters. The molecule has 43 heavy (non-hydrogen) atoms. The predicted octanol–water partition coefficient (Wildman–Crippen LogP) is 5.20. The van der Waals surface area contributed by atoms with E-state index in [4.69, 9.17) is 32.7 Å². The molecule has 1 saturated heterocycles. The fourth-order valence-electron chi connectivity index (χ4n) is 5.65. The lowest BCUT2D eigenvalue weighted by Crippen LogP contribution is -2.49. The molecule has 1 amide bonds. The second-order valence-corrected chi connectivity index (χ2v) is 11.6. The SMILES string of the molecule is CC(O)(c1cc(F)c2c(c1)C(=O)N(Cc1ncc(Cl)cn1)[C@@]2(O[C@H]1CCOC1)c1ccc(Cl)cc1)C1(F)C=CC(=O)C=C1. The minimum absolute atomic E-state index is 0.127. The second-order valence-electron chi connectivity index (χ2n) is 10.8. The van der Waals surface area contributed by atoms with Gasteiger partial charge in [0.1, 0.15) is 17.2 Å².